The van der Waals surface area contributed by atoms with Crippen molar-refractivity contribution in [2.45, 2.75) is 71.1 Å². The second-order valence-corrected chi connectivity index (χ2v) is 5.23. The zero-order valence-electron chi connectivity index (χ0n) is 14.5. The topological polar surface area (TPSA) is 74.6 Å². The number of carboxylic acid groups (broad SMARTS) is 2. The molecule has 0 aliphatic rings. The SMILES string of the molecule is CCCCCCCCCCC=CC(CC(=O)O)C(=O)O.[H-].[Na+]. The zero-order chi connectivity index (χ0) is 15.2. The molecule has 118 valence electrons. The first-order chi connectivity index (χ1) is 9.57. The summed E-state index contributed by atoms with van der Waals surface area (Å²) in [6, 6.07) is 0. The van der Waals surface area contributed by atoms with Gasteiger partial charge in [-0.3, -0.25) is 9.59 Å². The molecule has 0 aromatic heterocycles. The third kappa shape index (κ3) is 15.9. The molecule has 0 aliphatic heterocycles. The molecule has 0 radical (unpaired) electrons. The van der Waals surface area contributed by atoms with Gasteiger partial charge in [0.05, 0.1) is 12.3 Å². The Hall–Kier alpha value is -0.320. The van der Waals surface area contributed by atoms with Gasteiger partial charge in [-0.2, -0.15) is 0 Å². The van der Waals surface area contributed by atoms with Gasteiger partial charge in [-0.05, 0) is 12.8 Å². The van der Waals surface area contributed by atoms with Gasteiger partial charge in [0, 0.05) is 0 Å². The maximum absolute atomic E-state index is 10.8. The molecule has 0 amide bonds. The average Bonchev–Trinajstić information content (AvgIpc) is 2.39. The summed E-state index contributed by atoms with van der Waals surface area (Å²) in [5.41, 5.74) is 0. The van der Waals surface area contributed by atoms with E-state index in [2.05, 4.69) is 6.92 Å². The molecule has 1 unspecified atom stereocenters. The van der Waals surface area contributed by atoms with Crippen molar-refractivity contribution in [2.24, 2.45) is 5.92 Å². The Balaban J connectivity index is -0.00000180. The summed E-state index contributed by atoms with van der Waals surface area (Å²) < 4.78 is 0. The van der Waals surface area contributed by atoms with Crippen molar-refractivity contribution in [1.29, 1.82) is 0 Å². The molecular formula is C16H29NaO4. The fraction of sp³-hybridized carbons (Fsp3) is 0.750. The van der Waals surface area contributed by atoms with E-state index in [1.54, 1.807) is 6.08 Å². The predicted molar refractivity (Wildman–Crippen MR) is 80.9 cm³/mol. The van der Waals surface area contributed by atoms with Crippen molar-refractivity contribution in [2.75, 3.05) is 0 Å². The van der Waals surface area contributed by atoms with Crippen LogP contribution in [0.15, 0.2) is 12.2 Å². The number of carbonyl (C=O) groups is 2. The minimum absolute atomic E-state index is 0. The number of hydrogen-bond donors (Lipinski definition) is 2. The first-order valence-corrected chi connectivity index (χ1v) is 7.69. The summed E-state index contributed by atoms with van der Waals surface area (Å²) in [5.74, 6) is -3.05. The van der Waals surface area contributed by atoms with Crippen LogP contribution in [0, 0.1) is 5.92 Å². The standard InChI is InChI=1S/C16H28O4.Na.H/c1-2-3-4-5-6-7-8-9-10-11-12-14(16(19)20)13-15(17)18;;/h11-12,14H,2-10,13H2,1H3,(H,17,18)(H,19,20);;/q;+1;-1. The molecule has 0 saturated carbocycles. The first-order valence-electron chi connectivity index (χ1n) is 7.69. The van der Waals surface area contributed by atoms with Gasteiger partial charge in [0.2, 0.25) is 0 Å². The summed E-state index contributed by atoms with van der Waals surface area (Å²) in [7, 11) is 0. The van der Waals surface area contributed by atoms with E-state index in [4.69, 9.17) is 10.2 Å². The van der Waals surface area contributed by atoms with Crippen molar-refractivity contribution < 1.29 is 50.8 Å². The maximum atomic E-state index is 10.8. The summed E-state index contributed by atoms with van der Waals surface area (Å²) in [6.07, 6.45) is 13.7. The minimum atomic E-state index is -1.07. The third-order valence-electron chi connectivity index (χ3n) is 3.30. The number of aliphatic carboxylic acids is 2. The molecule has 4 nitrogen and oxygen atoms in total. The quantitative estimate of drug-likeness (QED) is 0.306. The van der Waals surface area contributed by atoms with Crippen LogP contribution in [0.5, 0.6) is 0 Å². The second-order valence-electron chi connectivity index (χ2n) is 5.23. The molecule has 0 saturated heterocycles. The van der Waals surface area contributed by atoms with Gasteiger partial charge < -0.3 is 11.6 Å². The van der Waals surface area contributed by atoms with E-state index in [0.717, 1.165) is 19.3 Å². The molecule has 21 heavy (non-hydrogen) atoms. The van der Waals surface area contributed by atoms with E-state index < -0.39 is 17.9 Å². The Bertz CT molecular complexity index is 309. The Morgan fingerprint density at radius 3 is 2.00 bits per heavy atom. The number of allylic oxidation sites excluding steroid dienone is 1. The molecule has 0 spiro atoms. The van der Waals surface area contributed by atoms with Crippen LogP contribution in [0.4, 0.5) is 0 Å². The van der Waals surface area contributed by atoms with Crippen LogP contribution in [0.2, 0.25) is 0 Å². The van der Waals surface area contributed by atoms with Crippen LogP contribution in [-0.2, 0) is 9.59 Å². The van der Waals surface area contributed by atoms with Crippen LogP contribution in [0.3, 0.4) is 0 Å². The summed E-state index contributed by atoms with van der Waals surface area (Å²) in [6.45, 7) is 2.21. The van der Waals surface area contributed by atoms with E-state index in [1.807, 2.05) is 0 Å². The number of unbranched alkanes of at least 4 members (excludes halogenated alkanes) is 8. The van der Waals surface area contributed by atoms with Crippen molar-refractivity contribution >= 4 is 11.9 Å². The zero-order valence-corrected chi connectivity index (χ0v) is 15.5. The van der Waals surface area contributed by atoms with Crippen molar-refractivity contribution in [3.05, 3.63) is 12.2 Å². The third-order valence-corrected chi connectivity index (χ3v) is 3.30. The Kier molecular flexibility index (Phi) is 17.6. The van der Waals surface area contributed by atoms with Crippen LogP contribution in [0.1, 0.15) is 72.6 Å². The van der Waals surface area contributed by atoms with E-state index in [1.165, 1.54) is 44.6 Å². The number of rotatable bonds is 13. The second kappa shape index (κ2) is 16.1. The van der Waals surface area contributed by atoms with Gasteiger partial charge in [-0.1, -0.05) is 64.0 Å². The van der Waals surface area contributed by atoms with E-state index in [-0.39, 0.29) is 37.4 Å². The fourth-order valence-electron chi connectivity index (χ4n) is 2.08. The van der Waals surface area contributed by atoms with Gasteiger partial charge in [0.1, 0.15) is 0 Å². The average molecular weight is 308 g/mol. The first kappa shape index (κ1) is 23.0. The largest absolute Gasteiger partial charge is 1.00 e. The molecule has 0 heterocycles. The molecule has 0 rings (SSSR count). The Morgan fingerprint density at radius 2 is 1.52 bits per heavy atom. The molecule has 0 aliphatic carbocycles. The van der Waals surface area contributed by atoms with E-state index in [9.17, 15) is 9.59 Å². The number of hydrogen-bond acceptors (Lipinski definition) is 2. The summed E-state index contributed by atoms with van der Waals surface area (Å²) in [5, 5.41) is 17.4. The molecule has 2 N–H and O–H groups in total. The van der Waals surface area contributed by atoms with Gasteiger partial charge in [0.15, 0.2) is 0 Å². The predicted octanol–water partition coefficient (Wildman–Crippen LogP) is 1.37. The van der Waals surface area contributed by atoms with Gasteiger partial charge in [-0.15, -0.1) is 0 Å². The van der Waals surface area contributed by atoms with E-state index >= 15 is 0 Å². The molecule has 0 fully saturated rings. The van der Waals surface area contributed by atoms with Gasteiger partial charge in [-0.25, -0.2) is 0 Å². The summed E-state index contributed by atoms with van der Waals surface area (Å²) in [4.78, 5) is 21.3. The Labute approximate surface area is 151 Å². The maximum Gasteiger partial charge on any atom is 1.00 e. The molecule has 1 atom stereocenters. The van der Waals surface area contributed by atoms with Gasteiger partial charge in [0.25, 0.3) is 0 Å². The summed E-state index contributed by atoms with van der Waals surface area (Å²) >= 11 is 0. The Morgan fingerprint density at radius 1 is 1.00 bits per heavy atom. The van der Waals surface area contributed by atoms with Crippen LogP contribution >= 0.6 is 0 Å². The fourth-order valence-corrected chi connectivity index (χ4v) is 2.08. The van der Waals surface area contributed by atoms with Crippen LogP contribution in [0.25, 0.3) is 0 Å². The smallest absolute Gasteiger partial charge is 1.00 e. The molecule has 0 aromatic carbocycles. The van der Waals surface area contributed by atoms with E-state index in [0.29, 0.717) is 0 Å². The van der Waals surface area contributed by atoms with Crippen molar-refractivity contribution in [1.82, 2.24) is 0 Å². The molecular weight excluding hydrogens is 279 g/mol. The minimum Gasteiger partial charge on any atom is -1.00 e. The van der Waals surface area contributed by atoms with Crippen LogP contribution < -0.4 is 29.6 Å². The monoisotopic (exact) mass is 308 g/mol. The van der Waals surface area contributed by atoms with Crippen LogP contribution in [-0.4, -0.2) is 22.2 Å². The molecule has 0 bridgehead atoms. The van der Waals surface area contributed by atoms with Crippen molar-refractivity contribution in [3.8, 4) is 0 Å². The molecule has 0 aromatic rings. The molecule has 5 heteroatoms. The van der Waals surface area contributed by atoms with Crippen molar-refractivity contribution in [3.63, 3.8) is 0 Å². The van der Waals surface area contributed by atoms with Gasteiger partial charge >= 0.3 is 41.5 Å². The normalized spacial score (nSPS) is 12.0. The number of carboxylic acids is 2.